The third-order valence-corrected chi connectivity index (χ3v) is 6.16. The summed E-state index contributed by atoms with van der Waals surface area (Å²) in [5.74, 6) is -0.592. The number of aromatic amines is 1. The van der Waals surface area contributed by atoms with Crippen LogP contribution in [-0.2, 0) is 13.5 Å². The minimum Gasteiger partial charge on any atom is -0.411 e. The number of fused-ring (bicyclic) bond motifs is 2. The van der Waals surface area contributed by atoms with Gasteiger partial charge in [-0.15, -0.1) is 10.2 Å². The number of hydrogen-bond acceptors (Lipinski definition) is 7. The molecule has 1 aliphatic heterocycles. The van der Waals surface area contributed by atoms with Crippen LogP contribution in [0.2, 0.25) is 0 Å². The van der Waals surface area contributed by atoms with Gasteiger partial charge in [0.25, 0.3) is 12.3 Å². The van der Waals surface area contributed by atoms with Crippen molar-refractivity contribution in [3.63, 3.8) is 0 Å². The molecule has 35 heavy (non-hydrogen) atoms. The summed E-state index contributed by atoms with van der Waals surface area (Å²) < 4.78 is 35.6. The first-order valence-corrected chi connectivity index (χ1v) is 10.8. The van der Waals surface area contributed by atoms with E-state index in [0.29, 0.717) is 35.6 Å². The molecule has 1 aliphatic rings. The normalized spacial score (nSPS) is 15.8. The van der Waals surface area contributed by atoms with Gasteiger partial charge in [-0.1, -0.05) is 6.07 Å². The maximum absolute atomic E-state index is 13.6. The van der Waals surface area contributed by atoms with Gasteiger partial charge in [-0.25, -0.2) is 18.3 Å². The van der Waals surface area contributed by atoms with Gasteiger partial charge in [0.15, 0.2) is 0 Å². The first-order chi connectivity index (χ1) is 16.9. The Kier molecular flexibility index (Phi) is 4.72. The number of amides is 1. The molecule has 0 fully saturated rings. The number of aromatic nitrogens is 8. The molecule has 0 bridgehead atoms. The topological polar surface area (TPSA) is 123 Å². The Morgan fingerprint density at radius 2 is 2.09 bits per heavy atom. The molecule has 11 nitrogen and oxygen atoms in total. The van der Waals surface area contributed by atoms with Crippen LogP contribution < -0.4 is 0 Å². The predicted molar refractivity (Wildman–Crippen MR) is 117 cm³/mol. The molecule has 178 valence electrons. The van der Waals surface area contributed by atoms with Gasteiger partial charge in [0.2, 0.25) is 0 Å². The van der Waals surface area contributed by atoms with Crippen LogP contribution in [0.3, 0.4) is 0 Å². The van der Waals surface area contributed by atoms with Gasteiger partial charge in [-0.2, -0.15) is 10.2 Å². The molecule has 0 spiro atoms. The summed E-state index contributed by atoms with van der Waals surface area (Å²) >= 11 is 0. The predicted octanol–water partition coefficient (Wildman–Crippen LogP) is 2.87. The van der Waals surface area contributed by atoms with Crippen molar-refractivity contribution in [2.24, 2.45) is 7.05 Å². The van der Waals surface area contributed by atoms with E-state index in [2.05, 4.69) is 30.4 Å². The second kappa shape index (κ2) is 7.82. The third-order valence-electron chi connectivity index (χ3n) is 6.16. The van der Waals surface area contributed by atoms with Crippen molar-refractivity contribution in [3.8, 4) is 11.6 Å². The molecular formula is C22H19F2N9O2. The largest absolute Gasteiger partial charge is 0.411 e. The summed E-state index contributed by atoms with van der Waals surface area (Å²) in [5.41, 5.74) is 3.44. The molecule has 6 heterocycles. The lowest BCUT2D eigenvalue weighted by Crippen LogP contribution is -2.41. The van der Waals surface area contributed by atoms with E-state index in [4.69, 9.17) is 4.42 Å². The van der Waals surface area contributed by atoms with E-state index >= 15 is 0 Å². The number of hydrogen-bond donors (Lipinski definition) is 1. The summed E-state index contributed by atoms with van der Waals surface area (Å²) in [6.45, 7) is 2.20. The monoisotopic (exact) mass is 479 g/mol. The molecule has 0 aliphatic carbocycles. The first-order valence-electron chi connectivity index (χ1n) is 10.8. The summed E-state index contributed by atoms with van der Waals surface area (Å²) in [6.07, 6.45) is -0.642. The Morgan fingerprint density at radius 3 is 2.86 bits per heavy atom. The fourth-order valence-electron chi connectivity index (χ4n) is 4.35. The lowest BCUT2D eigenvalue weighted by Gasteiger charge is -2.32. The molecule has 6 rings (SSSR count). The molecule has 13 heteroatoms. The summed E-state index contributed by atoms with van der Waals surface area (Å²) in [4.78, 5) is 22.6. The standard InChI is InChI=1S/C22H19F2N9O2/c1-11-8-15(29-31(11)2)20-27-28-21(35-20)22(34)32-7-6-13-17(26-10-25-13)18(32)14-9-12-4-3-5-16(19(23)24)33(12)30-14/h3-5,8-10,18-19H,6-7H2,1-2H3,(H,25,26)/t18-/m1/s1. The number of imidazole rings is 1. The molecule has 5 aromatic rings. The molecule has 0 saturated carbocycles. The van der Waals surface area contributed by atoms with Crippen molar-refractivity contribution in [2.75, 3.05) is 6.54 Å². The van der Waals surface area contributed by atoms with Crippen molar-refractivity contribution < 1.29 is 18.0 Å². The number of H-pyrrole nitrogens is 1. The molecule has 5 aromatic heterocycles. The number of aryl methyl sites for hydroxylation is 2. The van der Waals surface area contributed by atoms with Crippen molar-refractivity contribution in [2.45, 2.75) is 25.8 Å². The van der Waals surface area contributed by atoms with Crippen molar-refractivity contribution in [3.05, 3.63) is 71.0 Å². The zero-order valence-corrected chi connectivity index (χ0v) is 18.7. The van der Waals surface area contributed by atoms with Gasteiger partial charge < -0.3 is 14.3 Å². The number of carbonyl (C=O) groups excluding carboxylic acids is 1. The van der Waals surface area contributed by atoms with E-state index in [9.17, 15) is 13.6 Å². The smallest absolute Gasteiger partial charge is 0.312 e. The number of nitrogens with zero attached hydrogens (tertiary/aromatic N) is 8. The molecule has 0 aromatic carbocycles. The second-order valence-corrected chi connectivity index (χ2v) is 8.28. The SMILES string of the molecule is Cc1cc(-c2nnc(C(=O)N3CCc4[nH]cnc4[C@H]3c3cc4cccc(C(F)F)n4n3)o2)nn1C. The number of pyridine rings is 1. The van der Waals surface area contributed by atoms with E-state index in [1.165, 1.54) is 15.5 Å². The molecule has 0 radical (unpaired) electrons. The number of rotatable bonds is 4. The highest BCUT2D eigenvalue weighted by molar-refractivity contribution is 5.90. The zero-order valence-electron chi connectivity index (χ0n) is 18.7. The Hall–Kier alpha value is -4.42. The van der Waals surface area contributed by atoms with Gasteiger partial charge >= 0.3 is 11.8 Å². The van der Waals surface area contributed by atoms with Gasteiger partial charge in [0.1, 0.15) is 17.4 Å². The average molecular weight is 479 g/mol. The van der Waals surface area contributed by atoms with E-state index in [1.807, 2.05) is 6.92 Å². The van der Waals surface area contributed by atoms with Crippen LogP contribution in [0.5, 0.6) is 0 Å². The van der Waals surface area contributed by atoms with Crippen LogP contribution in [-0.4, -0.2) is 56.9 Å². The van der Waals surface area contributed by atoms with E-state index in [1.54, 1.807) is 42.3 Å². The fourth-order valence-corrected chi connectivity index (χ4v) is 4.35. The van der Waals surface area contributed by atoms with Gasteiger partial charge in [0, 0.05) is 31.4 Å². The van der Waals surface area contributed by atoms with Gasteiger partial charge in [-0.3, -0.25) is 9.48 Å². The average Bonchev–Trinajstić information content (AvgIpc) is 3.63. The van der Waals surface area contributed by atoms with Gasteiger partial charge in [-0.05, 0) is 31.2 Å². The molecule has 0 saturated heterocycles. The Balaban J connectivity index is 1.41. The second-order valence-electron chi connectivity index (χ2n) is 8.28. The molecule has 1 N–H and O–H groups in total. The van der Waals surface area contributed by atoms with Crippen LogP contribution in [0.25, 0.3) is 17.1 Å². The molecule has 1 atom stereocenters. The lowest BCUT2D eigenvalue weighted by molar-refractivity contribution is 0.0646. The quantitative estimate of drug-likeness (QED) is 0.420. The maximum Gasteiger partial charge on any atom is 0.312 e. The minimum absolute atomic E-state index is 0.125. The number of halogens is 2. The zero-order chi connectivity index (χ0) is 24.3. The first kappa shape index (κ1) is 21.1. The van der Waals surface area contributed by atoms with Crippen LogP contribution in [0, 0.1) is 6.92 Å². The fraction of sp³-hybridized carbons (Fsp3) is 0.273. The molecular weight excluding hydrogens is 460 g/mol. The van der Waals surface area contributed by atoms with E-state index in [0.717, 1.165) is 11.4 Å². The van der Waals surface area contributed by atoms with Crippen LogP contribution in [0.15, 0.2) is 41.1 Å². The van der Waals surface area contributed by atoms with Crippen LogP contribution in [0.4, 0.5) is 8.78 Å². The van der Waals surface area contributed by atoms with E-state index in [-0.39, 0.29) is 17.5 Å². The van der Waals surface area contributed by atoms with Crippen LogP contribution in [0.1, 0.15) is 51.6 Å². The van der Waals surface area contributed by atoms with Crippen molar-refractivity contribution in [1.29, 1.82) is 0 Å². The summed E-state index contributed by atoms with van der Waals surface area (Å²) in [5, 5.41) is 16.7. The number of carbonyl (C=O) groups is 1. The Bertz CT molecular complexity index is 1540. The van der Waals surface area contributed by atoms with Crippen molar-refractivity contribution >= 4 is 11.4 Å². The number of alkyl halides is 2. The van der Waals surface area contributed by atoms with E-state index < -0.39 is 18.4 Å². The highest BCUT2D eigenvalue weighted by atomic mass is 19.3. The highest BCUT2D eigenvalue weighted by Gasteiger charge is 2.38. The molecule has 0 unspecified atom stereocenters. The summed E-state index contributed by atoms with van der Waals surface area (Å²) in [7, 11) is 1.79. The molecule has 1 amide bonds. The highest BCUT2D eigenvalue weighted by Crippen LogP contribution is 2.35. The minimum atomic E-state index is -2.71. The summed E-state index contributed by atoms with van der Waals surface area (Å²) in [6, 6.07) is 7.27. The number of nitrogens with one attached hydrogen (secondary N) is 1. The van der Waals surface area contributed by atoms with Gasteiger partial charge in [0.05, 0.1) is 23.2 Å². The lowest BCUT2D eigenvalue weighted by atomic mass is 9.99. The Morgan fingerprint density at radius 1 is 1.23 bits per heavy atom. The maximum atomic E-state index is 13.6. The Labute approximate surface area is 196 Å². The van der Waals surface area contributed by atoms with Crippen molar-refractivity contribution in [1.82, 2.24) is 44.5 Å². The third kappa shape index (κ3) is 3.38. The van der Waals surface area contributed by atoms with Crippen LogP contribution >= 0.6 is 0 Å².